The summed E-state index contributed by atoms with van der Waals surface area (Å²) in [5.74, 6) is -0.306. The van der Waals surface area contributed by atoms with Crippen LogP contribution in [0.15, 0.2) is 12.1 Å². The highest BCUT2D eigenvalue weighted by Gasteiger charge is 2.05. The van der Waals surface area contributed by atoms with E-state index in [9.17, 15) is 4.39 Å². The van der Waals surface area contributed by atoms with Crippen molar-refractivity contribution >= 4 is 11.6 Å². The van der Waals surface area contributed by atoms with Crippen LogP contribution in [-0.4, -0.2) is 5.11 Å². The predicted octanol–water partition coefficient (Wildman–Crippen LogP) is 2.53. The van der Waals surface area contributed by atoms with Crippen molar-refractivity contribution in [2.24, 2.45) is 0 Å². The summed E-state index contributed by atoms with van der Waals surface area (Å²) in [5.41, 5.74) is 1.17. The maximum absolute atomic E-state index is 13.0. The van der Waals surface area contributed by atoms with Gasteiger partial charge in [-0.25, -0.2) is 4.39 Å². The number of aliphatic hydroxyl groups excluding tert-OH is 1. The molecule has 0 saturated carbocycles. The molecular formula is C9H10ClFO. The summed E-state index contributed by atoms with van der Waals surface area (Å²) in [5, 5.41) is 9.11. The molecule has 1 nitrogen and oxygen atoms in total. The fourth-order valence-corrected chi connectivity index (χ4v) is 1.25. The Hall–Kier alpha value is -0.600. The molecule has 1 rings (SSSR count). The van der Waals surface area contributed by atoms with Gasteiger partial charge in [0, 0.05) is 5.02 Å². The first-order chi connectivity index (χ1) is 5.69. The Morgan fingerprint density at radius 1 is 1.42 bits per heavy atom. The van der Waals surface area contributed by atoms with E-state index in [1.54, 1.807) is 6.07 Å². The van der Waals surface area contributed by atoms with Crippen LogP contribution < -0.4 is 0 Å². The monoisotopic (exact) mass is 188 g/mol. The van der Waals surface area contributed by atoms with Crippen LogP contribution >= 0.6 is 11.6 Å². The van der Waals surface area contributed by atoms with Crippen molar-refractivity contribution in [1.29, 1.82) is 0 Å². The molecule has 1 aromatic rings. The molecule has 0 radical (unpaired) electrons. The van der Waals surface area contributed by atoms with Gasteiger partial charge in [0.05, 0.1) is 6.61 Å². The fourth-order valence-electron chi connectivity index (χ4n) is 1.04. The molecule has 0 aromatic heterocycles. The molecule has 0 aliphatic heterocycles. The van der Waals surface area contributed by atoms with Gasteiger partial charge >= 0.3 is 0 Å². The van der Waals surface area contributed by atoms with Gasteiger partial charge in [0.25, 0.3) is 0 Å². The van der Waals surface area contributed by atoms with Crippen molar-refractivity contribution in [1.82, 2.24) is 0 Å². The normalized spacial score (nSPS) is 10.3. The first-order valence-corrected chi connectivity index (χ1v) is 4.14. The second-order valence-corrected chi connectivity index (χ2v) is 2.95. The topological polar surface area (TPSA) is 20.2 Å². The average molecular weight is 189 g/mol. The minimum absolute atomic E-state index is 0.147. The minimum Gasteiger partial charge on any atom is -0.392 e. The van der Waals surface area contributed by atoms with Crippen LogP contribution in [0.1, 0.15) is 18.1 Å². The lowest BCUT2D eigenvalue weighted by atomic mass is 10.1. The van der Waals surface area contributed by atoms with Gasteiger partial charge in [-0.1, -0.05) is 18.5 Å². The van der Waals surface area contributed by atoms with Gasteiger partial charge in [0.15, 0.2) is 0 Å². The number of benzene rings is 1. The third-order valence-electron chi connectivity index (χ3n) is 1.77. The largest absolute Gasteiger partial charge is 0.392 e. The Labute approximate surface area is 75.8 Å². The summed E-state index contributed by atoms with van der Waals surface area (Å²) in [7, 11) is 0. The Morgan fingerprint density at radius 2 is 2.08 bits per heavy atom. The van der Waals surface area contributed by atoms with Gasteiger partial charge in [-0.05, 0) is 29.7 Å². The molecule has 3 heteroatoms. The van der Waals surface area contributed by atoms with Crippen molar-refractivity contribution in [3.8, 4) is 0 Å². The zero-order valence-corrected chi connectivity index (χ0v) is 7.53. The number of rotatable bonds is 2. The van der Waals surface area contributed by atoms with E-state index in [1.165, 1.54) is 6.07 Å². The lowest BCUT2D eigenvalue weighted by Crippen LogP contribution is -1.93. The summed E-state index contributed by atoms with van der Waals surface area (Å²) >= 11 is 5.66. The van der Waals surface area contributed by atoms with Crippen LogP contribution in [0.25, 0.3) is 0 Å². The molecule has 0 aliphatic carbocycles. The summed E-state index contributed by atoms with van der Waals surface area (Å²) in [6.07, 6.45) is 0.607. The number of hydrogen-bond donors (Lipinski definition) is 1. The van der Waals surface area contributed by atoms with Crippen molar-refractivity contribution in [2.75, 3.05) is 0 Å². The molecule has 66 valence electrons. The molecule has 0 fully saturated rings. The Morgan fingerprint density at radius 3 is 2.58 bits per heavy atom. The summed E-state index contributed by atoms with van der Waals surface area (Å²) in [4.78, 5) is 0. The maximum atomic E-state index is 13.0. The van der Waals surface area contributed by atoms with E-state index in [4.69, 9.17) is 16.7 Å². The molecule has 0 unspecified atom stereocenters. The third kappa shape index (κ3) is 1.76. The second kappa shape index (κ2) is 3.87. The number of hydrogen-bond acceptors (Lipinski definition) is 1. The van der Waals surface area contributed by atoms with E-state index in [-0.39, 0.29) is 17.4 Å². The summed E-state index contributed by atoms with van der Waals surface area (Å²) < 4.78 is 13.0. The van der Waals surface area contributed by atoms with Crippen molar-refractivity contribution in [3.05, 3.63) is 34.1 Å². The smallest absolute Gasteiger partial charge is 0.127 e. The molecule has 0 amide bonds. The van der Waals surface area contributed by atoms with Gasteiger partial charge in [-0.15, -0.1) is 0 Å². The van der Waals surface area contributed by atoms with Crippen LogP contribution in [0.2, 0.25) is 5.02 Å². The van der Waals surface area contributed by atoms with E-state index < -0.39 is 0 Å². The van der Waals surface area contributed by atoms with Crippen LogP contribution in [0, 0.1) is 5.82 Å². The fraction of sp³-hybridized carbons (Fsp3) is 0.333. The summed E-state index contributed by atoms with van der Waals surface area (Å²) in [6.45, 7) is 1.71. The van der Waals surface area contributed by atoms with Gasteiger partial charge in [0.2, 0.25) is 0 Å². The SMILES string of the molecule is CCc1cc(CO)c(Cl)cc1F. The number of aliphatic hydroxyl groups is 1. The predicted molar refractivity (Wildman–Crippen MR) is 46.7 cm³/mol. The van der Waals surface area contributed by atoms with E-state index in [0.29, 0.717) is 17.5 Å². The molecule has 0 heterocycles. The van der Waals surface area contributed by atoms with Crippen LogP contribution in [-0.2, 0) is 13.0 Å². The molecule has 0 spiro atoms. The van der Waals surface area contributed by atoms with Gasteiger partial charge in [-0.2, -0.15) is 0 Å². The molecule has 1 aromatic carbocycles. The van der Waals surface area contributed by atoms with Gasteiger partial charge < -0.3 is 5.11 Å². The van der Waals surface area contributed by atoms with Crippen LogP contribution in [0.5, 0.6) is 0 Å². The van der Waals surface area contributed by atoms with Crippen molar-refractivity contribution < 1.29 is 9.50 Å². The molecule has 0 bridgehead atoms. The van der Waals surface area contributed by atoms with E-state index >= 15 is 0 Å². The Kier molecular flexibility index (Phi) is 3.06. The highest BCUT2D eigenvalue weighted by molar-refractivity contribution is 6.31. The Bertz CT molecular complexity index is 261. The average Bonchev–Trinajstić information content (AvgIpc) is 2.05. The lowest BCUT2D eigenvalue weighted by molar-refractivity contribution is 0.281. The third-order valence-corrected chi connectivity index (χ3v) is 2.12. The highest BCUT2D eigenvalue weighted by Crippen LogP contribution is 2.20. The van der Waals surface area contributed by atoms with Gasteiger partial charge in [-0.3, -0.25) is 0 Å². The Balaban J connectivity index is 3.18. The standard InChI is InChI=1S/C9H10ClFO/c1-2-6-3-7(5-12)8(10)4-9(6)11/h3-4,12H,2,5H2,1H3. The van der Waals surface area contributed by atoms with Crippen LogP contribution in [0.4, 0.5) is 4.39 Å². The van der Waals surface area contributed by atoms with E-state index in [2.05, 4.69) is 0 Å². The van der Waals surface area contributed by atoms with Crippen LogP contribution in [0.3, 0.4) is 0 Å². The zero-order chi connectivity index (χ0) is 9.14. The van der Waals surface area contributed by atoms with E-state index in [1.807, 2.05) is 6.92 Å². The molecular weight excluding hydrogens is 179 g/mol. The maximum Gasteiger partial charge on any atom is 0.127 e. The van der Waals surface area contributed by atoms with Crippen molar-refractivity contribution in [2.45, 2.75) is 20.0 Å². The first-order valence-electron chi connectivity index (χ1n) is 3.76. The lowest BCUT2D eigenvalue weighted by Gasteiger charge is -2.04. The highest BCUT2D eigenvalue weighted by atomic mass is 35.5. The minimum atomic E-state index is -0.306. The first kappa shape index (κ1) is 9.49. The zero-order valence-electron chi connectivity index (χ0n) is 6.77. The van der Waals surface area contributed by atoms with Crippen molar-refractivity contribution in [3.63, 3.8) is 0 Å². The molecule has 12 heavy (non-hydrogen) atoms. The molecule has 0 atom stereocenters. The van der Waals surface area contributed by atoms with Gasteiger partial charge in [0.1, 0.15) is 5.82 Å². The second-order valence-electron chi connectivity index (χ2n) is 2.55. The summed E-state index contributed by atoms with van der Waals surface area (Å²) in [6, 6.07) is 2.84. The molecule has 1 N–H and O–H groups in total. The molecule has 0 aliphatic rings. The van der Waals surface area contributed by atoms with E-state index in [0.717, 1.165) is 0 Å². The quantitative estimate of drug-likeness (QED) is 0.756. The number of halogens is 2. The number of aryl methyl sites for hydroxylation is 1. The molecule has 0 saturated heterocycles.